The monoisotopic (exact) mass is 284 g/mol. The van der Waals surface area contributed by atoms with Gasteiger partial charge < -0.3 is 20.0 Å². The lowest BCUT2D eigenvalue weighted by Gasteiger charge is -2.12. The SMILES string of the molecule is COC(=O)CCC(=O)Nc1cc(Cl)ccc1C(=O)[O-]. The molecule has 0 atom stereocenters. The number of carbonyl (C=O) groups is 3. The minimum absolute atomic E-state index is 0.0300. The lowest BCUT2D eigenvalue weighted by atomic mass is 10.1. The zero-order valence-electron chi connectivity index (χ0n) is 10.1. The van der Waals surface area contributed by atoms with Crippen molar-refractivity contribution in [3.8, 4) is 0 Å². The van der Waals surface area contributed by atoms with Gasteiger partial charge in [0.15, 0.2) is 0 Å². The maximum absolute atomic E-state index is 11.5. The zero-order chi connectivity index (χ0) is 14.4. The molecule has 0 aliphatic carbocycles. The summed E-state index contributed by atoms with van der Waals surface area (Å²) in [7, 11) is 1.21. The number of halogens is 1. The zero-order valence-corrected chi connectivity index (χ0v) is 10.8. The Morgan fingerprint density at radius 2 is 2.00 bits per heavy atom. The number of carboxylic acids is 1. The summed E-state index contributed by atoms with van der Waals surface area (Å²) in [5.41, 5.74) is -0.154. The molecule has 0 aliphatic heterocycles. The number of hydrogen-bond acceptors (Lipinski definition) is 5. The van der Waals surface area contributed by atoms with Gasteiger partial charge in [-0.25, -0.2) is 0 Å². The first kappa shape index (κ1) is 15.0. The van der Waals surface area contributed by atoms with Crippen molar-refractivity contribution in [2.75, 3.05) is 12.4 Å². The molecule has 1 aromatic rings. The first-order chi connectivity index (χ1) is 8.93. The van der Waals surface area contributed by atoms with Gasteiger partial charge in [0.05, 0.1) is 25.2 Å². The van der Waals surface area contributed by atoms with E-state index in [1.807, 2.05) is 0 Å². The van der Waals surface area contributed by atoms with Crippen LogP contribution >= 0.6 is 11.6 Å². The maximum atomic E-state index is 11.5. The van der Waals surface area contributed by atoms with E-state index < -0.39 is 17.8 Å². The summed E-state index contributed by atoms with van der Waals surface area (Å²) in [6.45, 7) is 0. The number of amides is 1. The molecule has 0 aromatic heterocycles. The minimum Gasteiger partial charge on any atom is -0.545 e. The van der Waals surface area contributed by atoms with Gasteiger partial charge in [0.2, 0.25) is 5.91 Å². The highest BCUT2D eigenvalue weighted by Crippen LogP contribution is 2.20. The number of hydrogen-bond donors (Lipinski definition) is 1. The summed E-state index contributed by atoms with van der Waals surface area (Å²) < 4.78 is 4.39. The third-order valence-corrected chi connectivity index (χ3v) is 2.49. The molecular formula is C12H11ClNO5-. The van der Waals surface area contributed by atoms with E-state index in [1.54, 1.807) is 0 Å². The third-order valence-electron chi connectivity index (χ3n) is 2.26. The first-order valence-corrected chi connectivity index (χ1v) is 5.69. The fraction of sp³-hybridized carbons (Fsp3) is 0.250. The van der Waals surface area contributed by atoms with E-state index in [0.29, 0.717) is 0 Å². The van der Waals surface area contributed by atoms with Crippen molar-refractivity contribution in [3.05, 3.63) is 28.8 Å². The van der Waals surface area contributed by atoms with Crippen LogP contribution in [0.15, 0.2) is 18.2 Å². The molecule has 0 bridgehead atoms. The van der Waals surface area contributed by atoms with Gasteiger partial charge in [-0.05, 0) is 18.2 Å². The van der Waals surface area contributed by atoms with E-state index in [0.717, 1.165) is 0 Å². The average molecular weight is 285 g/mol. The summed E-state index contributed by atoms with van der Waals surface area (Å²) >= 11 is 5.72. The van der Waals surface area contributed by atoms with Gasteiger partial charge in [-0.3, -0.25) is 9.59 Å². The molecule has 7 heteroatoms. The fourth-order valence-corrected chi connectivity index (χ4v) is 1.50. The molecule has 0 saturated heterocycles. The molecule has 1 rings (SSSR count). The molecule has 6 nitrogen and oxygen atoms in total. The van der Waals surface area contributed by atoms with Gasteiger partial charge >= 0.3 is 5.97 Å². The Morgan fingerprint density at radius 3 is 2.58 bits per heavy atom. The molecule has 0 unspecified atom stereocenters. The van der Waals surface area contributed by atoms with E-state index in [-0.39, 0.29) is 29.1 Å². The number of carboxylic acid groups (broad SMARTS) is 1. The number of esters is 1. The number of rotatable bonds is 5. The van der Waals surface area contributed by atoms with Crippen LogP contribution in [0.5, 0.6) is 0 Å². The number of nitrogens with one attached hydrogen (secondary N) is 1. The van der Waals surface area contributed by atoms with Crippen LogP contribution in [0.3, 0.4) is 0 Å². The highest BCUT2D eigenvalue weighted by Gasteiger charge is 2.10. The molecule has 0 spiro atoms. The lowest BCUT2D eigenvalue weighted by molar-refractivity contribution is -0.254. The number of methoxy groups -OCH3 is 1. The van der Waals surface area contributed by atoms with Crippen LogP contribution in [0, 0.1) is 0 Å². The highest BCUT2D eigenvalue weighted by molar-refractivity contribution is 6.31. The lowest BCUT2D eigenvalue weighted by Crippen LogP contribution is -2.25. The largest absolute Gasteiger partial charge is 0.545 e. The van der Waals surface area contributed by atoms with Crippen molar-refractivity contribution in [3.63, 3.8) is 0 Å². The molecule has 1 aromatic carbocycles. The van der Waals surface area contributed by atoms with E-state index in [2.05, 4.69) is 10.1 Å². The van der Waals surface area contributed by atoms with Gasteiger partial charge in [0.25, 0.3) is 0 Å². The molecule has 0 aliphatic rings. The summed E-state index contributed by atoms with van der Waals surface area (Å²) in [5, 5.41) is 13.5. The molecule has 0 fully saturated rings. The van der Waals surface area contributed by atoms with Crippen LogP contribution in [0.2, 0.25) is 5.02 Å². The number of carbonyl (C=O) groups excluding carboxylic acids is 3. The predicted molar refractivity (Wildman–Crippen MR) is 65.7 cm³/mol. The molecule has 19 heavy (non-hydrogen) atoms. The summed E-state index contributed by atoms with van der Waals surface area (Å²) in [5.74, 6) is -2.48. The Labute approximate surface area is 114 Å². The Kier molecular flexibility index (Phi) is 5.32. The van der Waals surface area contributed by atoms with Crippen molar-refractivity contribution in [2.24, 2.45) is 0 Å². The molecule has 0 radical (unpaired) electrons. The van der Waals surface area contributed by atoms with Gasteiger partial charge in [-0.15, -0.1) is 0 Å². The Bertz CT molecular complexity index is 515. The van der Waals surface area contributed by atoms with Crippen LogP contribution in [-0.2, 0) is 14.3 Å². The predicted octanol–water partition coefficient (Wildman–Crippen LogP) is 0.595. The molecule has 1 amide bonds. The molecule has 1 N–H and O–H groups in total. The van der Waals surface area contributed by atoms with Gasteiger partial charge in [-0.1, -0.05) is 11.6 Å². The van der Waals surface area contributed by atoms with Crippen molar-refractivity contribution in [2.45, 2.75) is 12.8 Å². The number of anilines is 1. The second-order valence-electron chi connectivity index (χ2n) is 3.60. The fourth-order valence-electron chi connectivity index (χ4n) is 1.33. The van der Waals surface area contributed by atoms with E-state index >= 15 is 0 Å². The van der Waals surface area contributed by atoms with Crippen molar-refractivity contribution in [1.82, 2.24) is 0 Å². The molecule has 0 heterocycles. The average Bonchev–Trinajstić information content (AvgIpc) is 2.35. The normalized spacial score (nSPS) is 9.79. The van der Waals surface area contributed by atoms with Crippen LogP contribution in [0.4, 0.5) is 5.69 Å². The third kappa shape index (κ3) is 4.59. The topological polar surface area (TPSA) is 95.5 Å². The second-order valence-corrected chi connectivity index (χ2v) is 4.04. The molecule has 102 valence electrons. The standard InChI is InChI=1S/C12H12ClNO5/c1-19-11(16)5-4-10(15)14-9-6-7(13)2-3-8(9)12(17)18/h2-3,6H,4-5H2,1H3,(H,14,15)(H,17,18)/p-1. The number of ether oxygens (including phenoxy) is 1. The second kappa shape index (κ2) is 6.75. The van der Waals surface area contributed by atoms with E-state index in [4.69, 9.17) is 11.6 Å². The number of aromatic carboxylic acids is 1. The summed E-state index contributed by atoms with van der Waals surface area (Å²) in [6.07, 6.45) is -0.213. The Morgan fingerprint density at radius 1 is 1.32 bits per heavy atom. The van der Waals surface area contributed by atoms with Crippen molar-refractivity contribution < 1.29 is 24.2 Å². The minimum atomic E-state index is -1.43. The van der Waals surface area contributed by atoms with Crippen molar-refractivity contribution >= 4 is 35.1 Å². The van der Waals surface area contributed by atoms with Gasteiger partial charge in [0.1, 0.15) is 0 Å². The first-order valence-electron chi connectivity index (χ1n) is 5.31. The van der Waals surface area contributed by atoms with Gasteiger partial charge in [-0.2, -0.15) is 0 Å². The Hall–Kier alpha value is -2.08. The smallest absolute Gasteiger partial charge is 0.306 e. The molecular weight excluding hydrogens is 274 g/mol. The van der Waals surface area contributed by atoms with Gasteiger partial charge in [0, 0.05) is 17.0 Å². The van der Waals surface area contributed by atoms with Crippen molar-refractivity contribution in [1.29, 1.82) is 0 Å². The Balaban J connectivity index is 2.75. The quantitative estimate of drug-likeness (QED) is 0.799. The highest BCUT2D eigenvalue weighted by atomic mass is 35.5. The number of benzene rings is 1. The van der Waals surface area contributed by atoms with E-state index in [1.165, 1.54) is 25.3 Å². The van der Waals surface area contributed by atoms with Crippen LogP contribution in [0.25, 0.3) is 0 Å². The van der Waals surface area contributed by atoms with E-state index in [9.17, 15) is 19.5 Å². The van der Waals surface area contributed by atoms with Crippen LogP contribution < -0.4 is 10.4 Å². The maximum Gasteiger partial charge on any atom is 0.306 e. The summed E-state index contributed by atoms with van der Waals surface area (Å²) in [4.78, 5) is 33.3. The van der Waals surface area contributed by atoms with Crippen LogP contribution in [-0.4, -0.2) is 25.0 Å². The molecule has 0 saturated carbocycles. The summed E-state index contributed by atoms with van der Waals surface area (Å²) in [6, 6.07) is 3.90. The van der Waals surface area contributed by atoms with Crippen LogP contribution in [0.1, 0.15) is 23.2 Å².